The summed E-state index contributed by atoms with van der Waals surface area (Å²) in [7, 11) is 3.84. The Bertz CT molecular complexity index is 1320. The van der Waals surface area contributed by atoms with Crippen LogP contribution in [0.3, 0.4) is 0 Å². The van der Waals surface area contributed by atoms with E-state index in [9.17, 15) is 0 Å². The Morgan fingerprint density at radius 2 is 1.91 bits per heavy atom. The summed E-state index contributed by atoms with van der Waals surface area (Å²) < 4.78 is 12.7. The maximum atomic E-state index is 5.56. The number of aromatic nitrogens is 5. The second-order valence-corrected chi connectivity index (χ2v) is 10.4. The van der Waals surface area contributed by atoms with Gasteiger partial charge in [0.25, 0.3) is 0 Å². The first-order chi connectivity index (χ1) is 16.8. The minimum Gasteiger partial charge on any atom is -0.493 e. The molecule has 1 saturated heterocycles. The number of aromatic amines is 1. The van der Waals surface area contributed by atoms with Gasteiger partial charge in [0.2, 0.25) is 0 Å². The van der Waals surface area contributed by atoms with E-state index in [2.05, 4.69) is 79.1 Å². The van der Waals surface area contributed by atoms with Gasteiger partial charge in [0.1, 0.15) is 6.33 Å². The summed E-state index contributed by atoms with van der Waals surface area (Å²) in [5.41, 5.74) is 7.42. The summed E-state index contributed by atoms with van der Waals surface area (Å²) in [5, 5.41) is 12.3. The highest BCUT2D eigenvalue weighted by Crippen LogP contribution is 2.37. The molecule has 4 heterocycles. The highest BCUT2D eigenvalue weighted by molar-refractivity contribution is 5.76. The van der Waals surface area contributed by atoms with Gasteiger partial charge >= 0.3 is 0 Å². The lowest BCUT2D eigenvalue weighted by atomic mass is 9.87. The number of nitrogens with one attached hydrogen (secondary N) is 1. The third-order valence-corrected chi connectivity index (χ3v) is 7.09. The SMILES string of the molecule is COc1cc(-c2n[nH]c(-c3ccc(C(C)N(C)CC4(C)COC4)cc3)c2C(C)C)cn2ncnc12. The highest BCUT2D eigenvalue weighted by atomic mass is 16.5. The van der Waals surface area contributed by atoms with Gasteiger partial charge in [-0.1, -0.05) is 45.0 Å². The van der Waals surface area contributed by atoms with Crippen LogP contribution in [0.5, 0.6) is 5.75 Å². The zero-order valence-corrected chi connectivity index (χ0v) is 21.4. The van der Waals surface area contributed by atoms with Crippen LogP contribution in [0.25, 0.3) is 28.2 Å². The van der Waals surface area contributed by atoms with Gasteiger partial charge < -0.3 is 9.47 Å². The normalized spacial score (nSPS) is 16.1. The molecule has 0 spiro atoms. The first-order valence-electron chi connectivity index (χ1n) is 12.1. The maximum Gasteiger partial charge on any atom is 0.197 e. The van der Waals surface area contributed by atoms with E-state index in [1.807, 2.05) is 12.3 Å². The molecule has 1 unspecified atom stereocenters. The molecule has 4 aromatic rings. The van der Waals surface area contributed by atoms with Crippen molar-refractivity contribution < 1.29 is 9.47 Å². The largest absolute Gasteiger partial charge is 0.493 e. The lowest BCUT2D eigenvalue weighted by Crippen LogP contribution is -2.48. The second kappa shape index (κ2) is 9.09. The number of H-pyrrole nitrogens is 1. The fraction of sp³-hybridized carbons (Fsp3) is 0.444. The molecule has 0 bridgehead atoms. The van der Waals surface area contributed by atoms with Crippen molar-refractivity contribution in [3.05, 3.63) is 54.0 Å². The summed E-state index contributed by atoms with van der Waals surface area (Å²) >= 11 is 0. The lowest BCUT2D eigenvalue weighted by molar-refractivity contribution is -0.115. The van der Waals surface area contributed by atoms with Gasteiger partial charge in [-0.2, -0.15) is 10.2 Å². The highest BCUT2D eigenvalue weighted by Gasteiger charge is 2.35. The molecule has 1 aromatic carbocycles. The monoisotopic (exact) mass is 474 g/mol. The van der Waals surface area contributed by atoms with Crippen LogP contribution in [-0.4, -0.2) is 63.6 Å². The van der Waals surface area contributed by atoms with E-state index in [0.29, 0.717) is 17.4 Å². The topological polar surface area (TPSA) is 80.6 Å². The average molecular weight is 475 g/mol. The summed E-state index contributed by atoms with van der Waals surface area (Å²) in [5.74, 6) is 0.940. The van der Waals surface area contributed by atoms with Crippen LogP contribution >= 0.6 is 0 Å². The van der Waals surface area contributed by atoms with E-state index < -0.39 is 0 Å². The first-order valence-corrected chi connectivity index (χ1v) is 12.1. The predicted molar refractivity (Wildman–Crippen MR) is 137 cm³/mol. The summed E-state index contributed by atoms with van der Waals surface area (Å²) in [6.45, 7) is 11.7. The van der Waals surface area contributed by atoms with Crippen molar-refractivity contribution in [3.8, 4) is 28.3 Å². The molecule has 3 aromatic heterocycles. The number of hydrogen-bond donors (Lipinski definition) is 1. The predicted octanol–water partition coefficient (Wildman–Crippen LogP) is 4.95. The minimum atomic E-state index is 0.263. The molecule has 0 amide bonds. The molecule has 5 rings (SSSR count). The third kappa shape index (κ3) is 4.32. The molecule has 0 aliphatic carbocycles. The molecule has 184 valence electrons. The zero-order valence-electron chi connectivity index (χ0n) is 21.4. The van der Waals surface area contributed by atoms with Crippen LogP contribution in [0, 0.1) is 5.41 Å². The molecule has 1 N–H and O–H groups in total. The van der Waals surface area contributed by atoms with E-state index in [1.165, 1.54) is 17.5 Å². The van der Waals surface area contributed by atoms with Crippen molar-refractivity contribution >= 4 is 5.65 Å². The standard InChI is InChI=1S/C27H34N6O2/c1-17(2)23-24(30-31-25(23)21-11-22(34-6)26-28-16-29-33(26)12-21)20-9-7-19(8-10-20)18(3)32(5)13-27(4)14-35-15-27/h7-12,16-18H,13-15H2,1-6H3,(H,30,31). The number of pyridine rings is 1. The Kier molecular flexibility index (Phi) is 6.11. The number of rotatable bonds is 8. The van der Waals surface area contributed by atoms with E-state index in [-0.39, 0.29) is 11.3 Å². The summed E-state index contributed by atoms with van der Waals surface area (Å²) in [4.78, 5) is 6.70. The van der Waals surface area contributed by atoms with Crippen molar-refractivity contribution in [2.45, 2.75) is 39.7 Å². The van der Waals surface area contributed by atoms with Crippen LogP contribution < -0.4 is 4.74 Å². The maximum absolute atomic E-state index is 5.56. The molecule has 8 nitrogen and oxygen atoms in total. The quantitative estimate of drug-likeness (QED) is 0.389. The van der Waals surface area contributed by atoms with Crippen molar-refractivity contribution in [2.75, 3.05) is 33.9 Å². The number of ether oxygens (including phenoxy) is 2. The zero-order chi connectivity index (χ0) is 24.7. The fourth-order valence-electron chi connectivity index (χ4n) is 4.99. The van der Waals surface area contributed by atoms with E-state index in [4.69, 9.17) is 14.6 Å². The molecule has 0 saturated carbocycles. The Hall–Kier alpha value is -3.23. The van der Waals surface area contributed by atoms with E-state index >= 15 is 0 Å². The molecule has 0 radical (unpaired) electrons. The van der Waals surface area contributed by atoms with Crippen molar-refractivity contribution in [3.63, 3.8) is 0 Å². The Balaban J connectivity index is 1.45. The fourth-order valence-corrected chi connectivity index (χ4v) is 4.99. The molecule has 1 fully saturated rings. The van der Waals surface area contributed by atoms with Crippen molar-refractivity contribution in [1.29, 1.82) is 0 Å². The average Bonchev–Trinajstić information content (AvgIpc) is 3.49. The third-order valence-electron chi connectivity index (χ3n) is 7.09. The Morgan fingerprint density at radius 1 is 1.17 bits per heavy atom. The molecule has 1 atom stereocenters. The Labute approximate surface area is 206 Å². The molecular weight excluding hydrogens is 440 g/mol. The van der Waals surface area contributed by atoms with Crippen molar-refractivity contribution in [2.24, 2.45) is 5.41 Å². The summed E-state index contributed by atoms with van der Waals surface area (Å²) in [6, 6.07) is 11.1. The van der Waals surface area contributed by atoms with Crippen LogP contribution in [0.4, 0.5) is 0 Å². The van der Waals surface area contributed by atoms with Crippen LogP contribution in [0.1, 0.15) is 50.8 Å². The summed E-state index contributed by atoms with van der Waals surface area (Å²) in [6.07, 6.45) is 3.48. The second-order valence-electron chi connectivity index (χ2n) is 10.4. The number of methoxy groups -OCH3 is 1. The Morgan fingerprint density at radius 3 is 2.54 bits per heavy atom. The van der Waals surface area contributed by atoms with Gasteiger partial charge in [0.15, 0.2) is 11.4 Å². The van der Waals surface area contributed by atoms with Crippen LogP contribution in [0.15, 0.2) is 42.9 Å². The molecule has 1 aliphatic heterocycles. The van der Waals surface area contributed by atoms with Gasteiger partial charge in [-0.25, -0.2) is 9.50 Å². The van der Waals surface area contributed by atoms with Crippen LogP contribution in [-0.2, 0) is 4.74 Å². The minimum absolute atomic E-state index is 0.263. The smallest absolute Gasteiger partial charge is 0.197 e. The number of benzene rings is 1. The lowest BCUT2D eigenvalue weighted by Gasteiger charge is -2.42. The molecule has 1 aliphatic rings. The molecular formula is C27H34N6O2. The number of hydrogen-bond acceptors (Lipinski definition) is 6. The molecule has 35 heavy (non-hydrogen) atoms. The number of fused-ring (bicyclic) bond motifs is 1. The van der Waals surface area contributed by atoms with Gasteiger partial charge in [-0.05, 0) is 37.1 Å². The van der Waals surface area contributed by atoms with Crippen molar-refractivity contribution in [1.82, 2.24) is 29.7 Å². The van der Waals surface area contributed by atoms with Gasteiger partial charge in [-0.3, -0.25) is 10.00 Å². The molecule has 8 heteroatoms. The van der Waals surface area contributed by atoms with Gasteiger partial charge in [0, 0.05) is 35.3 Å². The first kappa shape index (κ1) is 23.5. The van der Waals surface area contributed by atoms with E-state index in [0.717, 1.165) is 42.3 Å². The van der Waals surface area contributed by atoms with Gasteiger partial charge in [-0.15, -0.1) is 0 Å². The van der Waals surface area contributed by atoms with E-state index in [1.54, 1.807) is 11.6 Å². The van der Waals surface area contributed by atoms with Gasteiger partial charge in [0.05, 0.1) is 31.7 Å². The number of nitrogens with zero attached hydrogens (tertiary/aromatic N) is 5. The van der Waals surface area contributed by atoms with Crippen LogP contribution in [0.2, 0.25) is 0 Å².